The number of nitrogens with one attached hydrogen (secondary N) is 1. The minimum atomic E-state index is 0.0210. The lowest BCUT2D eigenvalue weighted by molar-refractivity contribution is 0.0445. The van der Waals surface area contributed by atoms with E-state index >= 15 is 0 Å². The number of nitrogens with zero attached hydrogens (tertiary/aromatic N) is 2. The monoisotopic (exact) mass is 261 g/mol. The molecule has 0 unspecified atom stereocenters. The lowest BCUT2D eigenvalue weighted by Gasteiger charge is -2.44. The van der Waals surface area contributed by atoms with Gasteiger partial charge in [0.05, 0.1) is 11.6 Å². The van der Waals surface area contributed by atoms with Gasteiger partial charge < -0.3 is 4.98 Å². The lowest BCUT2D eigenvalue weighted by atomic mass is 9.83. The normalized spacial score (nSPS) is 31.0. The summed E-state index contributed by atoms with van der Waals surface area (Å²) in [5.74, 6) is 1.69. The Morgan fingerprint density at radius 1 is 1.39 bits per heavy atom. The summed E-state index contributed by atoms with van der Waals surface area (Å²) in [5, 5.41) is 1.93. The van der Waals surface area contributed by atoms with Gasteiger partial charge in [-0.25, -0.2) is 4.98 Å². The maximum absolute atomic E-state index is 12.0. The molecular formula is C13H15N3OS. The highest BCUT2D eigenvalue weighted by atomic mass is 32.1. The van der Waals surface area contributed by atoms with E-state index in [1.165, 1.54) is 24.2 Å². The summed E-state index contributed by atoms with van der Waals surface area (Å²) < 4.78 is 0.745. The van der Waals surface area contributed by atoms with Crippen LogP contribution in [0.25, 0.3) is 10.2 Å². The molecule has 5 heteroatoms. The summed E-state index contributed by atoms with van der Waals surface area (Å²) in [5.41, 5.74) is 0.869. The topological polar surface area (TPSA) is 49.0 Å². The number of hydrogen-bond acceptors (Lipinski definition) is 4. The minimum absolute atomic E-state index is 0.0210. The van der Waals surface area contributed by atoms with Crippen molar-refractivity contribution >= 4 is 21.6 Å². The van der Waals surface area contributed by atoms with Gasteiger partial charge in [0.2, 0.25) is 0 Å². The van der Waals surface area contributed by atoms with E-state index < -0.39 is 0 Å². The van der Waals surface area contributed by atoms with Crippen LogP contribution in [0.1, 0.15) is 31.1 Å². The first-order valence-electron chi connectivity index (χ1n) is 6.53. The molecule has 3 aliphatic rings. The predicted octanol–water partition coefficient (Wildman–Crippen LogP) is 2.14. The van der Waals surface area contributed by atoms with Gasteiger partial charge in [-0.3, -0.25) is 9.69 Å². The zero-order chi connectivity index (χ0) is 12.1. The van der Waals surface area contributed by atoms with Crippen LogP contribution in [0, 0.1) is 5.92 Å². The molecule has 3 aliphatic heterocycles. The first kappa shape index (κ1) is 10.7. The van der Waals surface area contributed by atoms with Crippen molar-refractivity contribution in [1.82, 2.24) is 14.9 Å². The highest BCUT2D eigenvalue weighted by molar-refractivity contribution is 7.17. The first-order valence-corrected chi connectivity index (χ1v) is 7.41. The van der Waals surface area contributed by atoms with E-state index in [4.69, 9.17) is 0 Å². The maximum Gasteiger partial charge on any atom is 0.268 e. The van der Waals surface area contributed by atoms with Crippen LogP contribution in [0.4, 0.5) is 0 Å². The Bertz CT molecular complexity index is 639. The number of aromatic amines is 1. The molecule has 2 bridgehead atoms. The van der Waals surface area contributed by atoms with Crippen LogP contribution in [0.15, 0.2) is 16.2 Å². The fourth-order valence-corrected chi connectivity index (χ4v) is 4.02. The molecule has 5 heterocycles. The summed E-state index contributed by atoms with van der Waals surface area (Å²) >= 11 is 1.46. The number of piperidine rings is 3. The van der Waals surface area contributed by atoms with Crippen molar-refractivity contribution in [3.8, 4) is 0 Å². The third kappa shape index (κ3) is 1.54. The van der Waals surface area contributed by atoms with E-state index in [2.05, 4.69) is 14.9 Å². The van der Waals surface area contributed by atoms with E-state index in [1.807, 2.05) is 11.4 Å². The minimum Gasteiger partial charge on any atom is -0.308 e. The highest BCUT2D eigenvalue weighted by Gasteiger charge is 2.35. The van der Waals surface area contributed by atoms with Crippen molar-refractivity contribution in [3.63, 3.8) is 0 Å². The summed E-state index contributed by atoms with van der Waals surface area (Å²) in [6.07, 6.45) is 3.77. The summed E-state index contributed by atoms with van der Waals surface area (Å²) in [6.45, 7) is 2.31. The van der Waals surface area contributed by atoms with Crippen LogP contribution in [-0.4, -0.2) is 28.0 Å². The van der Waals surface area contributed by atoms with Crippen LogP contribution < -0.4 is 5.56 Å². The van der Waals surface area contributed by atoms with Crippen LogP contribution >= 0.6 is 11.3 Å². The average Bonchev–Trinajstić information content (AvgIpc) is 2.89. The Labute approximate surface area is 109 Å². The van der Waals surface area contributed by atoms with Gasteiger partial charge in [-0.1, -0.05) is 0 Å². The molecule has 18 heavy (non-hydrogen) atoms. The third-order valence-corrected chi connectivity index (χ3v) is 5.20. The van der Waals surface area contributed by atoms with E-state index in [0.717, 1.165) is 41.5 Å². The molecule has 3 saturated heterocycles. The Hall–Kier alpha value is -1.20. The summed E-state index contributed by atoms with van der Waals surface area (Å²) in [4.78, 5) is 22.1. The van der Waals surface area contributed by atoms with Gasteiger partial charge in [-0.05, 0) is 49.7 Å². The molecule has 0 saturated carbocycles. The van der Waals surface area contributed by atoms with Crippen LogP contribution in [-0.2, 0) is 0 Å². The van der Waals surface area contributed by atoms with Crippen molar-refractivity contribution in [2.45, 2.75) is 25.3 Å². The number of aromatic nitrogens is 2. The quantitative estimate of drug-likeness (QED) is 0.855. The zero-order valence-electron chi connectivity index (χ0n) is 10.1. The van der Waals surface area contributed by atoms with Gasteiger partial charge in [-0.15, -0.1) is 11.3 Å². The fraction of sp³-hybridized carbons (Fsp3) is 0.538. The molecule has 4 nitrogen and oxygen atoms in total. The second-order valence-corrected chi connectivity index (χ2v) is 6.23. The molecule has 2 aromatic rings. The number of H-pyrrole nitrogens is 1. The highest BCUT2D eigenvalue weighted by Crippen LogP contribution is 2.39. The van der Waals surface area contributed by atoms with E-state index in [-0.39, 0.29) is 5.56 Å². The maximum atomic E-state index is 12.0. The molecular weight excluding hydrogens is 246 g/mol. The van der Waals surface area contributed by atoms with Crippen molar-refractivity contribution in [2.75, 3.05) is 13.1 Å². The van der Waals surface area contributed by atoms with Gasteiger partial charge in [-0.2, -0.15) is 0 Å². The molecule has 1 N–H and O–H groups in total. The lowest BCUT2D eigenvalue weighted by Crippen LogP contribution is -2.44. The third-order valence-electron chi connectivity index (χ3n) is 4.30. The average molecular weight is 261 g/mol. The van der Waals surface area contributed by atoms with Crippen molar-refractivity contribution in [3.05, 3.63) is 27.6 Å². The van der Waals surface area contributed by atoms with Gasteiger partial charge in [0.15, 0.2) is 0 Å². The summed E-state index contributed by atoms with van der Waals surface area (Å²) in [7, 11) is 0. The fourth-order valence-electron chi connectivity index (χ4n) is 3.30. The Balaban J connectivity index is 1.80. The smallest absolute Gasteiger partial charge is 0.268 e. The number of thiophene rings is 1. The first-order chi connectivity index (χ1) is 8.81. The Kier molecular flexibility index (Phi) is 2.32. The predicted molar refractivity (Wildman–Crippen MR) is 71.9 cm³/mol. The Morgan fingerprint density at radius 2 is 2.22 bits per heavy atom. The largest absolute Gasteiger partial charge is 0.308 e. The van der Waals surface area contributed by atoms with E-state index in [1.54, 1.807) is 0 Å². The van der Waals surface area contributed by atoms with Crippen molar-refractivity contribution < 1.29 is 0 Å². The van der Waals surface area contributed by atoms with Crippen molar-refractivity contribution in [1.29, 1.82) is 0 Å². The van der Waals surface area contributed by atoms with Gasteiger partial charge in [0.25, 0.3) is 5.56 Å². The van der Waals surface area contributed by atoms with Crippen molar-refractivity contribution in [2.24, 2.45) is 5.92 Å². The molecule has 2 aromatic heterocycles. The molecule has 0 aliphatic carbocycles. The van der Waals surface area contributed by atoms with E-state index in [0.29, 0.717) is 6.04 Å². The van der Waals surface area contributed by atoms with Crippen LogP contribution in [0.5, 0.6) is 0 Å². The SMILES string of the molecule is O=c1[nH]c([C@H]2CC3CCN2CC3)nc2ccsc12. The number of fused-ring (bicyclic) bond motifs is 4. The summed E-state index contributed by atoms with van der Waals surface area (Å²) in [6, 6.07) is 2.27. The van der Waals surface area contributed by atoms with Gasteiger partial charge in [0.1, 0.15) is 10.5 Å². The molecule has 1 atom stereocenters. The molecule has 0 amide bonds. The van der Waals surface area contributed by atoms with Crippen LogP contribution in [0.3, 0.4) is 0 Å². The van der Waals surface area contributed by atoms with E-state index in [9.17, 15) is 4.79 Å². The van der Waals surface area contributed by atoms with Crippen LogP contribution in [0.2, 0.25) is 0 Å². The molecule has 94 valence electrons. The van der Waals surface area contributed by atoms with Gasteiger partial charge in [0, 0.05) is 0 Å². The van der Waals surface area contributed by atoms with Gasteiger partial charge >= 0.3 is 0 Å². The Morgan fingerprint density at radius 3 is 2.94 bits per heavy atom. The molecule has 0 spiro atoms. The second-order valence-electron chi connectivity index (χ2n) is 5.32. The number of rotatable bonds is 1. The molecule has 3 fully saturated rings. The second kappa shape index (κ2) is 3.90. The zero-order valence-corrected chi connectivity index (χ0v) is 10.9. The standard InChI is InChI=1S/C13H15N3OS/c17-13-11-9(3-6-18-11)14-12(15-13)10-7-8-1-4-16(10)5-2-8/h3,6,8,10H,1-2,4-5,7H2,(H,14,15,17)/t10-/m1/s1. The number of hydrogen-bond donors (Lipinski definition) is 1. The molecule has 0 aromatic carbocycles. The molecule has 0 radical (unpaired) electrons. The molecule has 5 rings (SSSR count).